The predicted octanol–water partition coefficient (Wildman–Crippen LogP) is 2.99. The van der Waals surface area contributed by atoms with Gasteiger partial charge in [0.15, 0.2) is 0 Å². The molecule has 2 aliphatic heterocycles. The van der Waals surface area contributed by atoms with E-state index in [9.17, 15) is 9.59 Å². The van der Waals surface area contributed by atoms with Crippen LogP contribution in [0.25, 0.3) is 0 Å². The fraction of sp³-hybridized carbons (Fsp3) is 0.897. The average molecular weight is 515 g/mol. The van der Waals surface area contributed by atoms with Gasteiger partial charge in [0, 0.05) is 36.5 Å². The van der Waals surface area contributed by atoms with Crippen LogP contribution in [0.1, 0.15) is 96.3 Å². The number of carbonyl (C=O) groups is 2. The molecule has 5 rings (SSSR count). The molecule has 8 nitrogen and oxygen atoms in total. The zero-order valence-electron chi connectivity index (χ0n) is 22.7. The molecule has 0 spiro atoms. The largest absolute Gasteiger partial charge is 0.387 e. The molecule has 5 fully saturated rings. The molecule has 0 bridgehead atoms. The van der Waals surface area contributed by atoms with E-state index in [1.165, 1.54) is 45.2 Å². The Kier molecular flexibility index (Phi) is 8.74. The molecular formula is C29H50N6O2. The Balaban J connectivity index is 1.24. The molecule has 0 aromatic heterocycles. The molecule has 5 aliphatic rings. The Morgan fingerprint density at radius 3 is 2.24 bits per heavy atom. The van der Waals surface area contributed by atoms with Crippen molar-refractivity contribution in [2.75, 3.05) is 19.6 Å². The zero-order valence-corrected chi connectivity index (χ0v) is 22.7. The summed E-state index contributed by atoms with van der Waals surface area (Å²) in [4.78, 5) is 30.7. The zero-order chi connectivity index (χ0) is 25.9. The van der Waals surface area contributed by atoms with Crippen molar-refractivity contribution in [1.29, 1.82) is 5.41 Å². The second-order valence-electron chi connectivity index (χ2n) is 13.0. The van der Waals surface area contributed by atoms with Crippen LogP contribution in [-0.4, -0.2) is 71.3 Å². The highest BCUT2D eigenvalue weighted by Gasteiger charge is 2.48. The van der Waals surface area contributed by atoms with Gasteiger partial charge in [-0.25, -0.2) is 0 Å². The first-order valence-corrected chi connectivity index (χ1v) is 15.3. The normalized spacial score (nSPS) is 39.6. The van der Waals surface area contributed by atoms with Crippen LogP contribution in [0.3, 0.4) is 0 Å². The first-order chi connectivity index (χ1) is 17.9. The van der Waals surface area contributed by atoms with Gasteiger partial charge in [-0.3, -0.25) is 19.9 Å². The van der Waals surface area contributed by atoms with Gasteiger partial charge in [0.2, 0.25) is 11.8 Å². The first kappa shape index (κ1) is 26.9. The minimum absolute atomic E-state index is 0.0117. The molecule has 6 unspecified atom stereocenters. The lowest BCUT2D eigenvalue weighted by Gasteiger charge is -2.41. The van der Waals surface area contributed by atoms with Crippen LogP contribution in [-0.2, 0) is 9.59 Å². The minimum Gasteiger partial charge on any atom is -0.387 e. The molecule has 0 radical (unpaired) electrons. The van der Waals surface area contributed by atoms with Gasteiger partial charge in [-0.2, -0.15) is 0 Å². The number of nitrogens with zero attached hydrogens (tertiary/aromatic N) is 2. The van der Waals surface area contributed by atoms with Crippen molar-refractivity contribution in [3.63, 3.8) is 0 Å². The third-order valence-corrected chi connectivity index (χ3v) is 10.7. The number of primary amides is 1. The second kappa shape index (κ2) is 12.0. The van der Waals surface area contributed by atoms with Crippen LogP contribution in [0.2, 0.25) is 0 Å². The lowest BCUT2D eigenvalue weighted by atomic mass is 9.77. The van der Waals surface area contributed by atoms with E-state index in [1.54, 1.807) is 0 Å². The van der Waals surface area contributed by atoms with Crippen molar-refractivity contribution >= 4 is 17.6 Å². The maximum Gasteiger partial charge on any atom is 0.237 e. The van der Waals surface area contributed by atoms with Crippen molar-refractivity contribution < 1.29 is 9.59 Å². The van der Waals surface area contributed by atoms with Crippen molar-refractivity contribution in [2.24, 2.45) is 35.1 Å². The Bertz CT molecular complexity index is 821. The summed E-state index contributed by atoms with van der Waals surface area (Å²) in [6, 6.07) is 1.16. The SMILES string of the molecule is N=C(N)C1CCC2CC(C(=O)NC3CCCC(N4CCCCC4)C3)N(CC3CCC(C(N)=O)CC3)C2C1. The molecule has 2 amide bonds. The van der Waals surface area contributed by atoms with Crippen LogP contribution in [0.5, 0.6) is 0 Å². The summed E-state index contributed by atoms with van der Waals surface area (Å²) < 4.78 is 0. The van der Waals surface area contributed by atoms with Crippen molar-refractivity contribution in [2.45, 2.75) is 120 Å². The van der Waals surface area contributed by atoms with Crippen LogP contribution >= 0.6 is 0 Å². The van der Waals surface area contributed by atoms with Gasteiger partial charge in [-0.05, 0) is 115 Å². The third-order valence-electron chi connectivity index (χ3n) is 10.7. The maximum atomic E-state index is 13.9. The van der Waals surface area contributed by atoms with Gasteiger partial charge in [0.25, 0.3) is 0 Å². The third kappa shape index (κ3) is 6.32. The van der Waals surface area contributed by atoms with E-state index in [2.05, 4.69) is 15.1 Å². The summed E-state index contributed by atoms with van der Waals surface area (Å²) in [7, 11) is 0. The van der Waals surface area contributed by atoms with Crippen LogP contribution in [0.15, 0.2) is 0 Å². The number of carbonyl (C=O) groups excluding carboxylic acids is 2. The molecular weight excluding hydrogens is 464 g/mol. The number of nitrogens with two attached hydrogens (primary N) is 2. The average Bonchev–Trinajstić information content (AvgIpc) is 3.27. The molecule has 0 aromatic carbocycles. The van der Waals surface area contributed by atoms with E-state index in [0.29, 0.717) is 29.8 Å². The van der Waals surface area contributed by atoms with Crippen LogP contribution in [0.4, 0.5) is 0 Å². The highest BCUT2D eigenvalue weighted by Crippen LogP contribution is 2.43. The summed E-state index contributed by atoms with van der Waals surface area (Å²) in [6.07, 6.45) is 16.3. The molecule has 0 aromatic rings. The quantitative estimate of drug-likeness (QED) is 0.307. The lowest BCUT2D eigenvalue weighted by Crippen LogP contribution is -2.53. The van der Waals surface area contributed by atoms with Crippen LogP contribution < -0.4 is 16.8 Å². The number of rotatable bonds is 7. The number of amidine groups is 1. The van der Waals surface area contributed by atoms with E-state index in [4.69, 9.17) is 16.9 Å². The Hall–Kier alpha value is -1.67. The van der Waals surface area contributed by atoms with Gasteiger partial charge in [0.05, 0.1) is 11.9 Å². The molecule has 208 valence electrons. The predicted molar refractivity (Wildman–Crippen MR) is 146 cm³/mol. The van der Waals surface area contributed by atoms with Gasteiger partial charge < -0.3 is 21.7 Å². The number of likely N-dealkylation sites (tertiary alicyclic amines) is 2. The summed E-state index contributed by atoms with van der Waals surface area (Å²) in [5.74, 6) is 1.53. The molecule has 37 heavy (non-hydrogen) atoms. The van der Waals surface area contributed by atoms with E-state index in [-0.39, 0.29) is 35.7 Å². The smallest absolute Gasteiger partial charge is 0.237 e. The highest BCUT2D eigenvalue weighted by molar-refractivity contribution is 5.83. The van der Waals surface area contributed by atoms with E-state index < -0.39 is 0 Å². The first-order valence-electron chi connectivity index (χ1n) is 15.3. The lowest BCUT2D eigenvalue weighted by molar-refractivity contribution is -0.127. The second-order valence-corrected chi connectivity index (χ2v) is 13.0. The monoisotopic (exact) mass is 514 g/mol. The van der Waals surface area contributed by atoms with Crippen molar-refractivity contribution in [3.05, 3.63) is 0 Å². The van der Waals surface area contributed by atoms with Gasteiger partial charge >= 0.3 is 0 Å². The van der Waals surface area contributed by atoms with Crippen molar-refractivity contribution in [3.8, 4) is 0 Å². The van der Waals surface area contributed by atoms with E-state index >= 15 is 0 Å². The number of fused-ring (bicyclic) bond motifs is 1. The fourth-order valence-electron chi connectivity index (χ4n) is 8.48. The van der Waals surface area contributed by atoms with E-state index in [0.717, 1.165) is 70.8 Å². The Labute approximate surface area is 223 Å². The van der Waals surface area contributed by atoms with Gasteiger partial charge in [-0.15, -0.1) is 0 Å². The maximum absolute atomic E-state index is 13.9. The highest BCUT2D eigenvalue weighted by atomic mass is 16.2. The number of amides is 2. The van der Waals surface area contributed by atoms with E-state index in [1.807, 2.05) is 0 Å². The summed E-state index contributed by atoms with van der Waals surface area (Å²) in [6.45, 7) is 3.36. The summed E-state index contributed by atoms with van der Waals surface area (Å²) in [5.41, 5.74) is 11.5. The Morgan fingerprint density at radius 1 is 0.811 bits per heavy atom. The Morgan fingerprint density at radius 2 is 1.54 bits per heavy atom. The molecule has 3 saturated carbocycles. The molecule has 2 saturated heterocycles. The standard InChI is InChI=1S/C29H50N6O2/c30-27(31)22-12-11-21-15-26(35(25(21)16-22)18-19-7-9-20(10-8-19)28(32)36)29(37)33-23-5-4-6-24(17-23)34-13-2-1-3-14-34/h19-26H,1-18H2,(H3,30,31)(H2,32,36)(H,33,37). The minimum atomic E-state index is -0.163. The number of nitrogens with one attached hydrogen (secondary N) is 2. The molecule has 6 atom stereocenters. The summed E-state index contributed by atoms with van der Waals surface area (Å²) in [5, 5.41) is 11.6. The van der Waals surface area contributed by atoms with Crippen molar-refractivity contribution in [1.82, 2.24) is 15.1 Å². The molecule has 8 heteroatoms. The summed E-state index contributed by atoms with van der Waals surface area (Å²) >= 11 is 0. The molecule has 3 aliphatic carbocycles. The molecule has 6 N–H and O–H groups in total. The van der Waals surface area contributed by atoms with Crippen LogP contribution in [0, 0.1) is 29.1 Å². The number of hydrogen-bond acceptors (Lipinski definition) is 5. The fourth-order valence-corrected chi connectivity index (χ4v) is 8.48. The molecule has 2 heterocycles. The topological polar surface area (TPSA) is 129 Å². The van der Waals surface area contributed by atoms with Gasteiger partial charge in [0.1, 0.15) is 0 Å². The van der Waals surface area contributed by atoms with Gasteiger partial charge in [-0.1, -0.05) is 6.42 Å². The number of hydrogen-bond donors (Lipinski definition) is 4. The number of piperidine rings is 1.